The van der Waals surface area contributed by atoms with Crippen LogP contribution in [0.4, 0.5) is 22.9 Å². The average molecular weight is 921 g/mol. The molecule has 0 radical (unpaired) electrons. The number of nitrogens with one attached hydrogen (secondary N) is 4. The van der Waals surface area contributed by atoms with Gasteiger partial charge in [0, 0.05) is 81.3 Å². The molecule has 68 heavy (non-hydrogen) atoms. The Bertz CT molecular complexity index is 2780. The zero-order valence-electron chi connectivity index (χ0n) is 37.4. The molecule has 4 aliphatic heterocycles. The smallest absolute Gasteiger partial charge is 0.262 e. The van der Waals surface area contributed by atoms with Gasteiger partial charge in [-0.3, -0.25) is 43.8 Å². The first-order valence-corrected chi connectivity index (χ1v) is 23.3. The average Bonchev–Trinajstić information content (AvgIpc) is 3.87. The lowest BCUT2D eigenvalue weighted by atomic mass is 9.86. The highest BCUT2D eigenvalue weighted by atomic mass is 16.2. The molecule has 5 aliphatic rings. The van der Waals surface area contributed by atoms with Gasteiger partial charge in [-0.2, -0.15) is 0 Å². The van der Waals surface area contributed by atoms with E-state index in [9.17, 15) is 33.6 Å². The van der Waals surface area contributed by atoms with Gasteiger partial charge in [-0.15, -0.1) is 0 Å². The molecule has 2 aromatic heterocycles. The van der Waals surface area contributed by atoms with Crippen LogP contribution in [0.2, 0.25) is 0 Å². The molecule has 0 spiro atoms. The van der Waals surface area contributed by atoms with Crippen LogP contribution in [0.25, 0.3) is 11.2 Å². The van der Waals surface area contributed by atoms with E-state index in [4.69, 9.17) is 0 Å². The summed E-state index contributed by atoms with van der Waals surface area (Å²) in [6.07, 6.45) is 7.34. The van der Waals surface area contributed by atoms with Crippen molar-refractivity contribution in [3.8, 4) is 0 Å². The van der Waals surface area contributed by atoms with Crippen molar-refractivity contribution in [3.05, 3.63) is 102 Å². The van der Waals surface area contributed by atoms with E-state index < -0.39 is 29.7 Å². The maximum absolute atomic E-state index is 13.4. The van der Waals surface area contributed by atoms with Crippen LogP contribution in [0.15, 0.2) is 85.5 Å². The number of piperazine rings is 1. The first-order valence-electron chi connectivity index (χ1n) is 23.3. The van der Waals surface area contributed by atoms with E-state index in [0.29, 0.717) is 69.1 Å². The van der Waals surface area contributed by atoms with Crippen molar-refractivity contribution in [2.45, 2.75) is 69.5 Å². The normalized spacial score (nSPS) is 20.8. The minimum atomic E-state index is -1.05. The van der Waals surface area contributed by atoms with Crippen LogP contribution >= 0.6 is 0 Å². The largest absolute Gasteiger partial charge is 0.376 e. The Morgan fingerprint density at radius 1 is 0.735 bits per heavy atom. The van der Waals surface area contributed by atoms with Gasteiger partial charge >= 0.3 is 0 Å². The lowest BCUT2D eigenvalue weighted by molar-refractivity contribution is -0.137. The van der Waals surface area contributed by atoms with E-state index in [1.807, 2.05) is 47.4 Å². The molecule has 6 heterocycles. The number of carbonyl (C=O) groups is 7. The number of carbonyl (C=O) groups excluding carboxylic acids is 7. The first kappa shape index (κ1) is 44.2. The number of piperidine rings is 2. The van der Waals surface area contributed by atoms with Gasteiger partial charge in [0.05, 0.1) is 30.4 Å². The fourth-order valence-corrected chi connectivity index (χ4v) is 9.94. The maximum Gasteiger partial charge on any atom is 0.262 e. The number of hydrogen-bond acceptors (Lipinski definition) is 13. The number of rotatable bonds is 13. The van der Waals surface area contributed by atoms with E-state index in [0.717, 1.165) is 53.2 Å². The minimum Gasteiger partial charge on any atom is -0.376 e. The van der Waals surface area contributed by atoms with Crippen molar-refractivity contribution in [1.82, 2.24) is 44.9 Å². The summed E-state index contributed by atoms with van der Waals surface area (Å²) >= 11 is 0. The number of imidazole rings is 1. The van der Waals surface area contributed by atoms with Gasteiger partial charge in [-0.05, 0) is 86.1 Å². The summed E-state index contributed by atoms with van der Waals surface area (Å²) in [7, 11) is 0. The number of anilines is 4. The highest BCUT2D eigenvalue weighted by Gasteiger charge is 2.45. The van der Waals surface area contributed by atoms with E-state index in [1.165, 1.54) is 12.1 Å². The first-order chi connectivity index (χ1) is 33.0. The van der Waals surface area contributed by atoms with E-state index in [-0.39, 0.29) is 66.2 Å². The second kappa shape index (κ2) is 18.9. The quantitative estimate of drug-likeness (QED) is 0.125. The fraction of sp³-hybridized carbons (Fsp3) is 0.388. The van der Waals surface area contributed by atoms with Crippen molar-refractivity contribution < 1.29 is 33.6 Å². The molecule has 3 saturated heterocycles. The summed E-state index contributed by atoms with van der Waals surface area (Å²) in [5, 5.41) is 11.8. The van der Waals surface area contributed by atoms with Crippen molar-refractivity contribution in [2.24, 2.45) is 5.92 Å². The van der Waals surface area contributed by atoms with Gasteiger partial charge in [0.1, 0.15) is 12.4 Å². The highest BCUT2D eigenvalue weighted by molar-refractivity contribution is 6.23. The van der Waals surface area contributed by atoms with Crippen LogP contribution in [0.3, 0.4) is 0 Å². The summed E-state index contributed by atoms with van der Waals surface area (Å²) in [5.41, 5.74) is 5.15. The SMILES string of the molecule is O=C1CC[C@H](N2C(=O)c3ccc(NCC(=O)N4CCC(CC(=O)N5CCN(c6ccc(Nc7ncnc8c7ncn8C7CC(NC(=O)Cc8ccccc8)C7)cc6)CC5)CC4)cc3C2=O)C(=O)N1. The molecule has 1 aliphatic carbocycles. The Morgan fingerprint density at radius 3 is 2.21 bits per heavy atom. The third-order valence-corrected chi connectivity index (χ3v) is 13.9. The molecule has 1 saturated carbocycles. The van der Waals surface area contributed by atoms with Gasteiger partial charge in [-0.25, -0.2) is 15.0 Å². The zero-order valence-corrected chi connectivity index (χ0v) is 37.4. The Morgan fingerprint density at radius 2 is 1.46 bits per heavy atom. The van der Waals surface area contributed by atoms with Crippen molar-refractivity contribution in [2.75, 3.05) is 61.3 Å². The molecule has 10 rings (SSSR count). The second-order valence-corrected chi connectivity index (χ2v) is 18.2. The molecule has 350 valence electrons. The molecule has 0 bridgehead atoms. The number of imide groups is 2. The standard InChI is InChI=1S/C49H52N12O7/c62-40-13-12-39(47(66)56-40)61-48(67)37-11-8-33(26-38(37)49(61)68)50-27-43(65)58-16-14-31(15-17-58)23-42(64)59-20-18-57(19-21-59)35-9-6-32(7-10-35)55-45-44-46(52-28-51-45)60(29-53-44)36-24-34(25-36)54-41(63)22-30-4-2-1-3-5-30/h1-11,26,28-29,31,34,36,39,50H,12-25,27H2,(H,54,63)(H,51,52,55)(H,56,62,66)/t34?,36?,39-/m0/s1. The Hall–Kier alpha value is -7.70. The topological polar surface area (TPSA) is 224 Å². The van der Waals surface area contributed by atoms with E-state index in [2.05, 4.69) is 57.8 Å². The number of fused-ring (bicyclic) bond motifs is 2. The van der Waals surface area contributed by atoms with Crippen LogP contribution in [0.5, 0.6) is 0 Å². The van der Waals surface area contributed by atoms with Crippen LogP contribution in [-0.4, -0.2) is 133 Å². The molecule has 1 atom stereocenters. The molecular weight excluding hydrogens is 869 g/mol. The summed E-state index contributed by atoms with van der Waals surface area (Å²) in [5.74, 6) is -1.44. The minimum absolute atomic E-state index is 0.00926. The van der Waals surface area contributed by atoms with Gasteiger partial charge in [0.2, 0.25) is 29.5 Å². The number of aromatic nitrogens is 4. The highest BCUT2D eigenvalue weighted by Crippen LogP contribution is 2.36. The van der Waals surface area contributed by atoms with Crippen molar-refractivity contribution >= 4 is 75.4 Å². The Labute approximate surface area is 391 Å². The van der Waals surface area contributed by atoms with Gasteiger partial charge in [-0.1, -0.05) is 30.3 Å². The van der Waals surface area contributed by atoms with E-state index in [1.54, 1.807) is 23.6 Å². The molecule has 7 amide bonds. The summed E-state index contributed by atoms with van der Waals surface area (Å²) in [6.45, 7) is 3.76. The number of hydrogen-bond donors (Lipinski definition) is 4. The Balaban J connectivity index is 0.640. The van der Waals surface area contributed by atoms with Gasteiger partial charge in [0.25, 0.3) is 11.8 Å². The van der Waals surface area contributed by atoms with Crippen LogP contribution in [0.1, 0.15) is 77.3 Å². The molecule has 4 fully saturated rings. The summed E-state index contributed by atoms with van der Waals surface area (Å²) in [6, 6.07) is 21.8. The number of amides is 7. The molecule has 5 aromatic rings. The third kappa shape index (κ3) is 9.19. The van der Waals surface area contributed by atoms with E-state index >= 15 is 0 Å². The van der Waals surface area contributed by atoms with Crippen LogP contribution in [0, 0.1) is 5.92 Å². The number of nitrogens with zero attached hydrogens (tertiary/aromatic N) is 8. The van der Waals surface area contributed by atoms with Crippen LogP contribution in [-0.2, 0) is 30.4 Å². The maximum atomic E-state index is 13.4. The Kier molecular flexibility index (Phi) is 12.3. The lowest BCUT2D eigenvalue weighted by Gasteiger charge is -2.37. The lowest BCUT2D eigenvalue weighted by Crippen LogP contribution is -2.54. The number of likely N-dealkylation sites (tertiary alicyclic amines) is 1. The monoisotopic (exact) mass is 920 g/mol. The molecule has 0 unspecified atom stereocenters. The number of benzene rings is 3. The fourth-order valence-electron chi connectivity index (χ4n) is 9.94. The second-order valence-electron chi connectivity index (χ2n) is 18.2. The summed E-state index contributed by atoms with van der Waals surface area (Å²) < 4.78 is 2.07. The molecular formula is C49H52N12O7. The predicted octanol–water partition coefficient (Wildman–Crippen LogP) is 3.42. The zero-order chi connectivity index (χ0) is 46.9. The molecule has 19 nitrogen and oxygen atoms in total. The molecule has 19 heteroatoms. The van der Waals surface area contributed by atoms with Crippen molar-refractivity contribution in [3.63, 3.8) is 0 Å². The third-order valence-electron chi connectivity index (χ3n) is 13.9. The van der Waals surface area contributed by atoms with Crippen molar-refractivity contribution in [1.29, 1.82) is 0 Å². The molecule has 4 N–H and O–H groups in total. The van der Waals surface area contributed by atoms with Crippen LogP contribution < -0.4 is 26.2 Å². The predicted molar refractivity (Wildman–Crippen MR) is 250 cm³/mol. The van der Waals surface area contributed by atoms with Gasteiger partial charge in [0.15, 0.2) is 17.0 Å². The molecule has 3 aromatic carbocycles. The van der Waals surface area contributed by atoms with Gasteiger partial charge < -0.3 is 35.2 Å². The summed E-state index contributed by atoms with van der Waals surface area (Å²) in [4.78, 5) is 110.